The highest BCUT2D eigenvalue weighted by molar-refractivity contribution is 9.10. The number of hydrogen-bond acceptors (Lipinski definition) is 4. The fourth-order valence-corrected chi connectivity index (χ4v) is 2.67. The van der Waals surface area contributed by atoms with E-state index >= 15 is 0 Å². The maximum absolute atomic E-state index is 5.89. The molecule has 0 saturated carbocycles. The fraction of sp³-hybridized carbons (Fsp3) is 0.333. The van der Waals surface area contributed by atoms with E-state index in [9.17, 15) is 0 Å². The third-order valence-electron chi connectivity index (χ3n) is 3.48. The molecular formula is C18H21BrO4. The van der Waals surface area contributed by atoms with Crippen molar-refractivity contribution in [3.8, 4) is 11.5 Å². The summed E-state index contributed by atoms with van der Waals surface area (Å²) < 4.78 is 22.8. The van der Waals surface area contributed by atoms with Gasteiger partial charge in [0.1, 0.15) is 6.61 Å². The molecule has 0 bridgehead atoms. The minimum atomic E-state index is -0.299. The lowest BCUT2D eigenvalue weighted by molar-refractivity contribution is -0.100. The van der Waals surface area contributed by atoms with Crippen molar-refractivity contribution < 1.29 is 18.9 Å². The minimum Gasteiger partial charge on any atom is -0.493 e. The van der Waals surface area contributed by atoms with Crippen LogP contribution in [0, 0.1) is 0 Å². The van der Waals surface area contributed by atoms with Gasteiger partial charge in [0, 0.05) is 25.1 Å². The van der Waals surface area contributed by atoms with E-state index < -0.39 is 0 Å². The lowest BCUT2D eigenvalue weighted by Gasteiger charge is -2.17. The van der Waals surface area contributed by atoms with E-state index in [2.05, 4.69) is 15.9 Å². The number of benzene rings is 2. The Morgan fingerprint density at radius 3 is 2.26 bits per heavy atom. The first-order valence-corrected chi connectivity index (χ1v) is 8.06. The Bertz CT molecular complexity index is 612. The SMILES string of the molecule is COc1cc(CC(OC)OC)c(Br)cc1OCc1ccccc1. The van der Waals surface area contributed by atoms with Crippen molar-refractivity contribution in [1.29, 1.82) is 0 Å². The van der Waals surface area contributed by atoms with Crippen molar-refractivity contribution in [1.82, 2.24) is 0 Å². The van der Waals surface area contributed by atoms with E-state index in [1.54, 1.807) is 21.3 Å². The van der Waals surface area contributed by atoms with Gasteiger partial charge in [-0.1, -0.05) is 46.3 Å². The first-order valence-electron chi connectivity index (χ1n) is 7.26. The van der Waals surface area contributed by atoms with Crippen molar-refractivity contribution in [3.63, 3.8) is 0 Å². The molecule has 0 N–H and O–H groups in total. The Labute approximate surface area is 145 Å². The predicted octanol–water partition coefficient (Wildman–Crippen LogP) is 4.20. The molecule has 5 heteroatoms. The zero-order valence-electron chi connectivity index (χ0n) is 13.5. The number of ether oxygens (including phenoxy) is 4. The smallest absolute Gasteiger partial charge is 0.162 e. The van der Waals surface area contributed by atoms with Gasteiger partial charge < -0.3 is 18.9 Å². The maximum atomic E-state index is 5.89. The van der Waals surface area contributed by atoms with Crippen molar-refractivity contribution in [3.05, 3.63) is 58.1 Å². The summed E-state index contributed by atoms with van der Waals surface area (Å²) in [5.41, 5.74) is 2.14. The molecule has 0 saturated heterocycles. The first kappa shape index (κ1) is 17.8. The molecule has 0 aromatic heterocycles. The number of rotatable bonds is 8. The van der Waals surface area contributed by atoms with Gasteiger partial charge in [-0.15, -0.1) is 0 Å². The molecule has 0 spiro atoms. The summed E-state index contributed by atoms with van der Waals surface area (Å²) in [6, 6.07) is 13.9. The van der Waals surface area contributed by atoms with E-state index in [-0.39, 0.29) is 6.29 Å². The third kappa shape index (κ3) is 4.96. The van der Waals surface area contributed by atoms with Crippen molar-refractivity contribution in [2.24, 2.45) is 0 Å². The zero-order valence-corrected chi connectivity index (χ0v) is 15.1. The standard InChI is InChI=1S/C18H21BrO4/c1-20-16-9-14(10-18(21-2)22-3)15(19)11-17(16)23-12-13-7-5-4-6-8-13/h4-9,11,18H,10,12H2,1-3H3. The summed E-state index contributed by atoms with van der Waals surface area (Å²) in [7, 11) is 4.87. The topological polar surface area (TPSA) is 36.9 Å². The molecule has 0 aliphatic rings. The minimum absolute atomic E-state index is 0.299. The molecular weight excluding hydrogens is 360 g/mol. The van der Waals surface area contributed by atoms with Crippen LogP contribution in [0.1, 0.15) is 11.1 Å². The molecule has 23 heavy (non-hydrogen) atoms. The molecule has 0 radical (unpaired) electrons. The molecule has 2 aromatic carbocycles. The van der Waals surface area contributed by atoms with Crippen molar-refractivity contribution in [2.75, 3.05) is 21.3 Å². The lowest BCUT2D eigenvalue weighted by Crippen LogP contribution is -2.16. The summed E-state index contributed by atoms with van der Waals surface area (Å²) in [6.45, 7) is 0.488. The largest absolute Gasteiger partial charge is 0.493 e. The summed E-state index contributed by atoms with van der Waals surface area (Å²) in [5, 5.41) is 0. The first-order chi connectivity index (χ1) is 11.2. The summed E-state index contributed by atoms with van der Waals surface area (Å²) in [5.74, 6) is 1.38. The second kappa shape index (κ2) is 8.91. The summed E-state index contributed by atoms with van der Waals surface area (Å²) in [4.78, 5) is 0. The highest BCUT2D eigenvalue weighted by Gasteiger charge is 2.14. The summed E-state index contributed by atoms with van der Waals surface area (Å²) in [6.07, 6.45) is 0.315. The Balaban J connectivity index is 2.15. The third-order valence-corrected chi connectivity index (χ3v) is 4.22. The van der Waals surface area contributed by atoms with Gasteiger partial charge in [0.2, 0.25) is 0 Å². The van der Waals surface area contributed by atoms with Gasteiger partial charge in [-0.05, 0) is 23.3 Å². The van der Waals surface area contributed by atoms with E-state index in [0.717, 1.165) is 15.6 Å². The van der Waals surface area contributed by atoms with E-state index in [0.29, 0.717) is 24.5 Å². The van der Waals surface area contributed by atoms with Crippen molar-refractivity contribution in [2.45, 2.75) is 19.3 Å². The molecule has 0 fully saturated rings. The van der Waals surface area contributed by atoms with Crippen LogP contribution in [0.4, 0.5) is 0 Å². The molecule has 0 atom stereocenters. The Kier molecular flexibility index (Phi) is 6.89. The molecule has 0 amide bonds. The predicted molar refractivity (Wildman–Crippen MR) is 93.0 cm³/mol. The monoisotopic (exact) mass is 380 g/mol. The van der Waals surface area contributed by atoms with Gasteiger partial charge >= 0.3 is 0 Å². The molecule has 0 heterocycles. The van der Waals surface area contributed by atoms with Crippen LogP contribution in [-0.4, -0.2) is 27.6 Å². The molecule has 2 aromatic rings. The molecule has 4 nitrogen and oxygen atoms in total. The van der Waals surface area contributed by atoms with Gasteiger partial charge in [0.15, 0.2) is 17.8 Å². The zero-order chi connectivity index (χ0) is 16.7. The van der Waals surface area contributed by atoms with Crippen LogP contribution in [0.5, 0.6) is 11.5 Å². The number of methoxy groups -OCH3 is 3. The van der Waals surface area contributed by atoms with Crippen LogP contribution in [0.25, 0.3) is 0 Å². The van der Waals surface area contributed by atoms with Gasteiger partial charge in [0.05, 0.1) is 7.11 Å². The van der Waals surface area contributed by atoms with Crippen LogP contribution < -0.4 is 9.47 Å². The van der Waals surface area contributed by atoms with Crippen LogP contribution in [-0.2, 0) is 22.5 Å². The second-order valence-electron chi connectivity index (χ2n) is 4.97. The van der Waals surface area contributed by atoms with Crippen LogP contribution >= 0.6 is 15.9 Å². The highest BCUT2D eigenvalue weighted by atomic mass is 79.9. The lowest BCUT2D eigenvalue weighted by atomic mass is 10.1. The maximum Gasteiger partial charge on any atom is 0.162 e. The van der Waals surface area contributed by atoms with E-state index in [1.807, 2.05) is 42.5 Å². The molecule has 0 aliphatic heterocycles. The van der Waals surface area contributed by atoms with Crippen molar-refractivity contribution >= 4 is 15.9 Å². The number of hydrogen-bond donors (Lipinski definition) is 0. The number of halogens is 1. The fourth-order valence-electron chi connectivity index (χ4n) is 2.18. The van der Waals surface area contributed by atoms with Gasteiger partial charge in [-0.25, -0.2) is 0 Å². The van der Waals surface area contributed by atoms with Gasteiger partial charge in [-0.3, -0.25) is 0 Å². The molecule has 124 valence electrons. The second-order valence-corrected chi connectivity index (χ2v) is 5.83. The van der Waals surface area contributed by atoms with Crippen LogP contribution in [0.2, 0.25) is 0 Å². The average molecular weight is 381 g/mol. The molecule has 0 unspecified atom stereocenters. The Hall–Kier alpha value is -1.56. The molecule has 0 aliphatic carbocycles. The average Bonchev–Trinajstić information content (AvgIpc) is 2.60. The Morgan fingerprint density at radius 2 is 1.65 bits per heavy atom. The van der Waals surface area contributed by atoms with E-state index in [1.165, 1.54) is 0 Å². The van der Waals surface area contributed by atoms with E-state index in [4.69, 9.17) is 18.9 Å². The summed E-state index contributed by atoms with van der Waals surface area (Å²) >= 11 is 3.58. The van der Waals surface area contributed by atoms with Crippen LogP contribution in [0.3, 0.4) is 0 Å². The highest BCUT2D eigenvalue weighted by Crippen LogP contribution is 2.34. The van der Waals surface area contributed by atoms with Crippen LogP contribution in [0.15, 0.2) is 46.9 Å². The van der Waals surface area contributed by atoms with Gasteiger partial charge in [0.25, 0.3) is 0 Å². The molecule has 2 rings (SSSR count). The Morgan fingerprint density at radius 1 is 0.957 bits per heavy atom. The quantitative estimate of drug-likeness (QED) is 0.643. The van der Waals surface area contributed by atoms with Gasteiger partial charge in [-0.2, -0.15) is 0 Å². The normalized spacial score (nSPS) is 10.8.